The molecule has 9 aromatic heterocycles. The SMILES string of the molecule is c1ccc(-c2nc(-c3ccc4ccccc4c3)nc(-c3cccc4c(-c5cccc6oc7cc8ccccc8nc7c56)cccc34)n2)cc1.c1ccc(-c2nc(-c3ccc4ccccc4c3)nc(-c3cccc4c(-c5cccc6oc7cc8ncccc8cc7c56)cccc34)n2)cc1.c1ccc(-c2nc(-c3ccc4ccccc4c3)nc(-c3cccc4c(-c5nccc6oc7cc8ccccc8cc7c56)cccc34)n2)cc1. The number of hydrogen-bond acceptors (Lipinski definition) is 15. The third-order valence-corrected chi connectivity index (χ3v) is 28.0. The predicted molar refractivity (Wildman–Crippen MR) is 597 cm³/mol. The molecule has 0 aliphatic rings. The van der Waals surface area contributed by atoms with Crippen molar-refractivity contribution in [1.29, 1.82) is 0 Å². The van der Waals surface area contributed by atoms with Crippen molar-refractivity contribution in [3.05, 3.63) is 473 Å². The van der Waals surface area contributed by atoms with Crippen molar-refractivity contribution < 1.29 is 13.3 Å². The van der Waals surface area contributed by atoms with Gasteiger partial charge in [0.1, 0.15) is 33.4 Å². The number of nitrogens with zero attached hydrogens (tertiary/aromatic N) is 12. The van der Waals surface area contributed by atoms with Gasteiger partial charge in [-0.15, -0.1) is 0 Å². The second kappa shape index (κ2) is 35.6. The van der Waals surface area contributed by atoms with Gasteiger partial charge in [-0.1, -0.05) is 382 Å². The lowest BCUT2D eigenvalue weighted by Gasteiger charge is -2.13. The summed E-state index contributed by atoms with van der Waals surface area (Å²) in [6.07, 6.45) is 3.65. The fourth-order valence-corrected chi connectivity index (χ4v) is 21.0. The van der Waals surface area contributed by atoms with Gasteiger partial charge in [-0.2, -0.15) is 0 Å². The van der Waals surface area contributed by atoms with E-state index in [9.17, 15) is 0 Å². The Morgan fingerprint density at radius 1 is 0.143 bits per heavy atom. The third-order valence-electron chi connectivity index (χ3n) is 28.0. The summed E-state index contributed by atoms with van der Waals surface area (Å²) in [5.74, 6) is 5.68. The lowest BCUT2D eigenvalue weighted by Crippen LogP contribution is -2.00. The highest BCUT2D eigenvalue weighted by Gasteiger charge is 2.26. The molecular formula is C132H78N12O3. The molecule has 15 nitrogen and oxygen atoms in total. The Morgan fingerprint density at radius 2 is 0.463 bits per heavy atom. The molecule has 0 atom stereocenters. The summed E-state index contributed by atoms with van der Waals surface area (Å²) in [4.78, 5) is 60.2. The highest BCUT2D eigenvalue weighted by molar-refractivity contribution is 6.21. The molecule has 15 heteroatoms. The van der Waals surface area contributed by atoms with Gasteiger partial charge in [-0.05, 0) is 170 Å². The van der Waals surface area contributed by atoms with Crippen LogP contribution in [-0.2, 0) is 0 Å². The summed E-state index contributed by atoms with van der Waals surface area (Å²) in [6.45, 7) is 0. The second-order valence-electron chi connectivity index (χ2n) is 36.8. The van der Waals surface area contributed by atoms with E-state index in [0.717, 1.165) is 225 Å². The van der Waals surface area contributed by atoms with E-state index in [0.29, 0.717) is 52.4 Å². The predicted octanol–water partition coefficient (Wildman–Crippen LogP) is 33.9. The number of rotatable bonds is 12. The Bertz CT molecular complexity index is 9630. The van der Waals surface area contributed by atoms with Crippen molar-refractivity contribution in [2.45, 2.75) is 0 Å². The molecular weight excluding hydrogens is 1800 g/mol. The first-order valence-electron chi connectivity index (χ1n) is 48.9. The maximum atomic E-state index is 6.40. The van der Waals surface area contributed by atoms with E-state index in [4.69, 9.17) is 68.1 Å². The van der Waals surface area contributed by atoms with Crippen LogP contribution in [0.2, 0.25) is 0 Å². The van der Waals surface area contributed by atoms with E-state index >= 15 is 0 Å². The first-order chi connectivity index (χ1) is 72.8. The van der Waals surface area contributed by atoms with Crippen molar-refractivity contribution in [2.75, 3.05) is 0 Å². The maximum Gasteiger partial charge on any atom is 0.164 e. The zero-order chi connectivity index (χ0) is 96.9. The van der Waals surface area contributed by atoms with Crippen molar-refractivity contribution in [3.8, 4) is 136 Å². The van der Waals surface area contributed by atoms with Gasteiger partial charge >= 0.3 is 0 Å². The number of fused-ring (bicyclic) bond motifs is 18. The van der Waals surface area contributed by atoms with Crippen LogP contribution in [0, 0.1) is 0 Å². The Hall–Kier alpha value is -20.2. The fourth-order valence-electron chi connectivity index (χ4n) is 21.0. The minimum absolute atomic E-state index is 0.617. The molecule has 30 rings (SSSR count). The number of benzene rings is 21. The molecule has 0 saturated heterocycles. The van der Waals surface area contributed by atoms with E-state index in [1.165, 1.54) is 21.5 Å². The standard InChI is InChI=1S/3C44H26N4O/c1-2-11-28(12-3-1)42-46-43(31-22-21-27-10-4-5-13-29(27)24-31)48-44(47-42)36-19-7-15-32-33(16-6-17-34(32)36)35-18-8-20-39-41(35)37-25-30-14-9-23-45-38(30)26-40(37)49-39;1-2-12-28(13-3-1)42-46-43(31-24-23-27-11-4-5-14-29(27)25-31)48-44(47-42)36-20-9-16-32-33(17-8-18-34(32)36)35-19-10-22-38-40(35)41-39(49-38)26-30-15-6-7-21-37(30)45-41;1-2-11-28(12-3-1)42-46-43(32-21-20-27-10-4-5-13-29(27)24-32)48-44(47-42)36-19-9-16-33-34(36)17-8-18-35(33)41-40-37-25-30-14-6-7-15-31(30)26-39(37)49-38(40)22-23-45-41/h3*1-26H. The van der Waals surface area contributed by atoms with Gasteiger partial charge in [-0.3, -0.25) is 9.97 Å². The quantitative estimate of drug-likeness (QED) is 0.112. The highest BCUT2D eigenvalue weighted by Crippen LogP contribution is 2.48. The minimum Gasteiger partial charge on any atom is -0.456 e. The lowest BCUT2D eigenvalue weighted by atomic mass is 9.92. The van der Waals surface area contributed by atoms with Crippen molar-refractivity contribution in [3.63, 3.8) is 0 Å². The summed E-state index contributed by atoms with van der Waals surface area (Å²) in [5, 5.41) is 23.0. The first-order valence-corrected chi connectivity index (χ1v) is 48.9. The Morgan fingerprint density at radius 3 is 0.946 bits per heavy atom. The maximum absolute atomic E-state index is 6.40. The zero-order valence-electron chi connectivity index (χ0n) is 78.6. The average Bonchev–Trinajstić information content (AvgIpc) is 1.62. The van der Waals surface area contributed by atoms with Crippen LogP contribution in [0.25, 0.3) is 299 Å². The molecule has 0 amide bonds. The number of pyridine rings is 3. The van der Waals surface area contributed by atoms with E-state index in [2.05, 4.69) is 327 Å². The molecule has 0 N–H and O–H groups in total. The number of furan rings is 3. The van der Waals surface area contributed by atoms with E-state index in [1.807, 2.05) is 152 Å². The van der Waals surface area contributed by atoms with Crippen molar-refractivity contribution in [2.24, 2.45) is 0 Å². The molecule has 0 unspecified atom stereocenters. The molecule has 21 aromatic carbocycles. The van der Waals surface area contributed by atoms with Crippen LogP contribution in [-0.4, -0.2) is 59.8 Å². The third kappa shape index (κ3) is 15.3. The van der Waals surface area contributed by atoms with Gasteiger partial charge in [0.05, 0.1) is 27.5 Å². The molecule has 0 aliphatic carbocycles. The van der Waals surface area contributed by atoms with E-state index in [-0.39, 0.29) is 0 Å². The van der Waals surface area contributed by atoms with Crippen molar-refractivity contribution in [1.82, 2.24) is 59.8 Å². The number of hydrogen-bond donors (Lipinski definition) is 0. The first kappa shape index (κ1) is 84.9. The van der Waals surface area contributed by atoms with Gasteiger partial charge in [0.25, 0.3) is 0 Å². The second-order valence-corrected chi connectivity index (χ2v) is 36.8. The van der Waals surface area contributed by atoms with Crippen LogP contribution in [0.5, 0.6) is 0 Å². The fraction of sp³-hybridized carbons (Fsp3) is 0. The van der Waals surface area contributed by atoms with Crippen LogP contribution in [0.3, 0.4) is 0 Å². The molecule has 30 aromatic rings. The van der Waals surface area contributed by atoms with Gasteiger partial charge < -0.3 is 13.3 Å². The molecule has 0 bridgehead atoms. The molecule has 0 saturated carbocycles. The van der Waals surface area contributed by atoms with Crippen molar-refractivity contribution >= 4 is 163 Å². The van der Waals surface area contributed by atoms with Crippen LogP contribution >= 0.6 is 0 Å². The summed E-state index contributed by atoms with van der Waals surface area (Å²) >= 11 is 0. The normalized spacial score (nSPS) is 11.7. The molecule has 684 valence electrons. The monoisotopic (exact) mass is 1880 g/mol. The topological polar surface area (TPSA) is 194 Å². The Labute approximate surface area is 839 Å². The molecule has 0 aliphatic heterocycles. The summed E-state index contributed by atoms with van der Waals surface area (Å²) in [7, 11) is 0. The minimum atomic E-state index is 0.617. The Balaban J connectivity index is 0.000000107. The molecule has 0 fully saturated rings. The average molecular weight is 1880 g/mol. The number of para-hydroxylation sites is 1. The van der Waals surface area contributed by atoms with Gasteiger partial charge in [0.2, 0.25) is 0 Å². The van der Waals surface area contributed by atoms with Crippen LogP contribution in [0.1, 0.15) is 0 Å². The smallest absolute Gasteiger partial charge is 0.164 e. The van der Waals surface area contributed by atoms with Crippen LogP contribution in [0.4, 0.5) is 0 Å². The van der Waals surface area contributed by atoms with Gasteiger partial charge in [0.15, 0.2) is 58.0 Å². The van der Waals surface area contributed by atoms with Crippen LogP contribution in [0.15, 0.2) is 487 Å². The van der Waals surface area contributed by atoms with Crippen LogP contribution < -0.4 is 0 Å². The van der Waals surface area contributed by atoms with Gasteiger partial charge in [-0.25, -0.2) is 49.8 Å². The lowest BCUT2D eigenvalue weighted by molar-refractivity contribution is 0.668. The van der Waals surface area contributed by atoms with E-state index < -0.39 is 0 Å². The molecule has 0 spiro atoms. The highest BCUT2D eigenvalue weighted by atomic mass is 16.3. The molecule has 0 radical (unpaired) electrons. The Kier molecular flexibility index (Phi) is 20.5. The summed E-state index contributed by atoms with van der Waals surface area (Å²) in [5.41, 5.74) is 22.4. The molecule has 147 heavy (non-hydrogen) atoms. The summed E-state index contributed by atoms with van der Waals surface area (Å²) in [6, 6.07) is 158. The largest absolute Gasteiger partial charge is 0.456 e. The zero-order valence-corrected chi connectivity index (χ0v) is 78.6. The summed E-state index contributed by atoms with van der Waals surface area (Å²) < 4.78 is 19.2. The van der Waals surface area contributed by atoms with E-state index in [1.54, 1.807) is 0 Å². The van der Waals surface area contributed by atoms with Gasteiger partial charge in [0, 0.05) is 101 Å². The molecule has 9 heterocycles. The number of aromatic nitrogens is 12.